The first-order valence-corrected chi connectivity index (χ1v) is 6.22. The molecular weight excluding hydrogens is 248 g/mol. The van der Waals surface area contributed by atoms with Gasteiger partial charge in [-0.15, -0.1) is 0 Å². The van der Waals surface area contributed by atoms with Crippen LogP contribution in [0.1, 0.15) is 19.4 Å². The molecule has 0 bridgehead atoms. The molecule has 0 saturated carbocycles. The van der Waals surface area contributed by atoms with Crippen LogP contribution in [-0.2, 0) is 0 Å². The number of benzene rings is 1. The van der Waals surface area contributed by atoms with Gasteiger partial charge in [-0.25, -0.2) is 13.8 Å². The Labute approximate surface area is 111 Å². The van der Waals surface area contributed by atoms with E-state index in [1.807, 2.05) is 0 Å². The van der Waals surface area contributed by atoms with Crippen LogP contribution in [0.3, 0.4) is 0 Å². The van der Waals surface area contributed by atoms with E-state index in [0.29, 0.717) is 18.4 Å². The van der Waals surface area contributed by atoms with Crippen molar-refractivity contribution in [3.05, 3.63) is 41.7 Å². The predicted octanol–water partition coefficient (Wildman–Crippen LogP) is 3.53. The van der Waals surface area contributed by atoms with E-state index in [2.05, 4.69) is 24.1 Å². The average molecular weight is 265 g/mol. The second-order valence-corrected chi connectivity index (χ2v) is 4.95. The molecule has 0 radical (unpaired) electrons. The molecule has 0 atom stereocenters. The van der Waals surface area contributed by atoms with E-state index in [0.717, 1.165) is 0 Å². The number of hydrogen-bond donors (Lipinski definition) is 1. The first-order valence-electron chi connectivity index (χ1n) is 6.22. The number of anilines is 1. The Bertz CT molecular complexity index is 576. The summed E-state index contributed by atoms with van der Waals surface area (Å²) in [5, 5.41) is 3.12. The van der Waals surface area contributed by atoms with Gasteiger partial charge in [0.2, 0.25) is 5.95 Å². The second kappa shape index (κ2) is 5.38. The van der Waals surface area contributed by atoms with Crippen molar-refractivity contribution in [2.24, 2.45) is 5.92 Å². The average Bonchev–Trinajstić information content (AvgIpc) is 2.79. The summed E-state index contributed by atoms with van der Waals surface area (Å²) in [5.41, 5.74) is 0.449. The van der Waals surface area contributed by atoms with Crippen LogP contribution in [0.2, 0.25) is 0 Å². The van der Waals surface area contributed by atoms with Crippen molar-refractivity contribution in [3.63, 3.8) is 0 Å². The Balaban J connectivity index is 2.37. The van der Waals surface area contributed by atoms with E-state index in [1.54, 1.807) is 12.4 Å². The largest absolute Gasteiger partial charge is 0.355 e. The molecule has 1 N–H and O–H groups in total. The summed E-state index contributed by atoms with van der Waals surface area (Å²) in [6, 6.07) is 2.38. The van der Waals surface area contributed by atoms with Gasteiger partial charge in [-0.05, 0) is 24.5 Å². The lowest BCUT2D eigenvalue weighted by Gasteiger charge is -2.12. The molecule has 102 valence electrons. The molecule has 2 rings (SSSR count). The van der Waals surface area contributed by atoms with Crippen LogP contribution in [-0.4, -0.2) is 16.1 Å². The number of aryl methyl sites for hydroxylation is 1. The summed E-state index contributed by atoms with van der Waals surface area (Å²) in [6.07, 6.45) is 3.16. The van der Waals surface area contributed by atoms with Gasteiger partial charge in [0, 0.05) is 25.0 Å². The van der Waals surface area contributed by atoms with Crippen molar-refractivity contribution >= 4 is 5.95 Å². The molecule has 0 aliphatic carbocycles. The lowest BCUT2D eigenvalue weighted by molar-refractivity contribution is 0.585. The van der Waals surface area contributed by atoms with E-state index in [-0.39, 0.29) is 11.3 Å². The summed E-state index contributed by atoms with van der Waals surface area (Å²) < 4.78 is 29.0. The van der Waals surface area contributed by atoms with Crippen molar-refractivity contribution in [1.82, 2.24) is 9.55 Å². The van der Waals surface area contributed by atoms with Gasteiger partial charge >= 0.3 is 0 Å². The Hall–Kier alpha value is -1.91. The highest BCUT2D eigenvalue weighted by Gasteiger charge is 2.12. The van der Waals surface area contributed by atoms with Crippen LogP contribution in [0, 0.1) is 24.5 Å². The minimum atomic E-state index is -0.468. The molecule has 0 unspecified atom stereocenters. The van der Waals surface area contributed by atoms with Gasteiger partial charge in [0.1, 0.15) is 11.6 Å². The van der Waals surface area contributed by atoms with Crippen LogP contribution < -0.4 is 5.32 Å². The molecular formula is C14H17F2N3. The molecule has 2 aromatic rings. The number of halogens is 2. The Morgan fingerprint density at radius 1 is 1.26 bits per heavy atom. The van der Waals surface area contributed by atoms with E-state index < -0.39 is 11.6 Å². The highest BCUT2D eigenvalue weighted by atomic mass is 19.1. The summed E-state index contributed by atoms with van der Waals surface area (Å²) >= 11 is 0. The number of hydrogen-bond acceptors (Lipinski definition) is 2. The number of rotatable bonds is 4. The van der Waals surface area contributed by atoms with Gasteiger partial charge < -0.3 is 5.32 Å². The highest BCUT2D eigenvalue weighted by molar-refractivity contribution is 5.44. The van der Waals surface area contributed by atoms with E-state index >= 15 is 0 Å². The molecule has 1 aromatic carbocycles. The zero-order valence-corrected chi connectivity index (χ0v) is 11.2. The van der Waals surface area contributed by atoms with Crippen LogP contribution in [0.25, 0.3) is 5.69 Å². The van der Waals surface area contributed by atoms with Gasteiger partial charge in [-0.3, -0.25) is 4.57 Å². The van der Waals surface area contributed by atoms with E-state index in [1.165, 1.54) is 23.6 Å². The fraction of sp³-hybridized carbons (Fsp3) is 0.357. The molecule has 3 nitrogen and oxygen atoms in total. The first-order chi connectivity index (χ1) is 8.99. The minimum Gasteiger partial charge on any atom is -0.355 e. The molecule has 0 saturated heterocycles. The van der Waals surface area contributed by atoms with Crippen LogP contribution in [0.4, 0.5) is 14.7 Å². The molecule has 0 fully saturated rings. The number of aromatic nitrogens is 2. The Kier molecular flexibility index (Phi) is 3.83. The fourth-order valence-corrected chi connectivity index (χ4v) is 1.74. The maximum Gasteiger partial charge on any atom is 0.207 e. The normalized spacial score (nSPS) is 11.1. The highest BCUT2D eigenvalue weighted by Crippen LogP contribution is 2.21. The molecule has 0 aliphatic rings. The zero-order valence-electron chi connectivity index (χ0n) is 11.2. The molecule has 19 heavy (non-hydrogen) atoms. The maximum absolute atomic E-state index is 13.9. The predicted molar refractivity (Wildman–Crippen MR) is 71.5 cm³/mol. The third kappa shape index (κ3) is 2.92. The van der Waals surface area contributed by atoms with Crippen LogP contribution >= 0.6 is 0 Å². The van der Waals surface area contributed by atoms with Crippen LogP contribution in [0.15, 0.2) is 24.5 Å². The van der Waals surface area contributed by atoms with Gasteiger partial charge in [0.05, 0.1) is 5.69 Å². The number of nitrogens with one attached hydrogen (secondary N) is 1. The molecule has 5 heteroatoms. The molecule has 0 aliphatic heterocycles. The zero-order chi connectivity index (χ0) is 14.0. The van der Waals surface area contributed by atoms with Gasteiger partial charge in [0.25, 0.3) is 0 Å². The summed E-state index contributed by atoms with van der Waals surface area (Å²) in [6.45, 7) is 6.37. The van der Waals surface area contributed by atoms with Gasteiger partial charge in [0.15, 0.2) is 0 Å². The maximum atomic E-state index is 13.9. The second-order valence-electron chi connectivity index (χ2n) is 4.95. The summed E-state index contributed by atoms with van der Waals surface area (Å²) in [4.78, 5) is 4.12. The molecule has 1 heterocycles. The molecule has 0 spiro atoms. The van der Waals surface area contributed by atoms with Crippen molar-refractivity contribution < 1.29 is 8.78 Å². The summed E-state index contributed by atoms with van der Waals surface area (Å²) in [5.74, 6) is 0.0463. The Morgan fingerprint density at radius 3 is 2.68 bits per heavy atom. The first kappa shape index (κ1) is 13.5. The fourth-order valence-electron chi connectivity index (χ4n) is 1.74. The lowest BCUT2D eigenvalue weighted by atomic mass is 10.2. The lowest BCUT2D eigenvalue weighted by Crippen LogP contribution is -2.12. The van der Waals surface area contributed by atoms with Crippen molar-refractivity contribution in [2.45, 2.75) is 20.8 Å². The third-order valence-corrected chi connectivity index (χ3v) is 2.80. The molecule has 1 aromatic heterocycles. The topological polar surface area (TPSA) is 29.9 Å². The SMILES string of the molecule is Cc1cc(F)c(-n2ccnc2NCC(C)C)cc1F. The molecule has 0 amide bonds. The van der Waals surface area contributed by atoms with Crippen molar-refractivity contribution in [3.8, 4) is 5.69 Å². The number of nitrogens with zero attached hydrogens (tertiary/aromatic N) is 2. The third-order valence-electron chi connectivity index (χ3n) is 2.80. The van der Waals surface area contributed by atoms with E-state index in [4.69, 9.17) is 0 Å². The quantitative estimate of drug-likeness (QED) is 0.916. The van der Waals surface area contributed by atoms with Crippen molar-refractivity contribution in [1.29, 1.82) is 0 Å². The van der Waals surface area contributed by atoms with Gasteiger partial charge in [-0.1, -0.05) is 13.8 Å². The monoisotopic (exact) mass is 265 g/mol. The van der Waals surface area contributed by atoms with E-state index in [9.17, 15) is 8.78 Å². The standard InChI is InChI=1S/C14H17F2N3/c1-9(2)8-18-14-17-4-5-19(14)13-7-11(15)10(3)6-12(13)16/h4-7,9H,8H2,1-3H3,(H,17,18). The van der Waals surface area contributed by atoms with Crippen LogP contribution in [0.5, 0.6) is 0 Å². The van der Waals surface area contributed by atoms with Gasteiger partial charge in [-0.2, -0.15) is 0 Å². The smallest absolute Gasteiger partial charge is 0.207 e. The van der Waals surface area contributed by atoms with Crippen molar-refractivity contribution in [2.75, 3.05) is 11.9 Å². The summed E-state index contributed by atoms with van der Waals surface area (Å²) in [7, 11) is 0. The minimum absolute atomic E-state index is 0.159. The Morgan fingerprint density at radius 2 is 2.00 bits per heavy atom. The number of imidazole rings is 1.